The van der Waals surface area contributed by atoms with Crippen molar-refractivity contribution in [3.8, 4) is 0 Å². The summed E-state index contributed by atoms with van der Waals surface area (Å²) in [6.45, 7) is -3.16. The van der Waals surface area contributed by atoms with Gasteiger partial charge in [0.15, 0.2) is 12.2 Å². The van der Waals surface area contributed by atoms with Gasteiger partial charge in [-0.05, 0) is 0 Å². The lowest BCUT2D eigenvalue weighted by Gasteiger charge is -2.24. The molecule has 0 spiro atoms. The van der Waals surface area contributed by atoms with Gasteiger partial charge < -0.3 is 65.3 Å². The lowest BCUT2D eigenvalue weighted by molar-refractivity contribution is -0.172. The molecule has 10 N–H and O–H groups in total. The predicted octanol–water partition coefficient (Wildman–Crippen LogP) is -7.04. The van der Waals surface area contributed by atoms with E-state index in [0.717, 1.165) is 0 Å². The number of aliphatic hydroxyl groups is 10. The summed E-state index contributed by atoms with van der Waals surface area (Å²) in [7, 11) is 0. The molecular weight excluding hydrogens is 432 g/mol. The SMILES string of the molecule is O=C(OCCOCCOC(=O)C(O)C(O)C(O)C(O)CO)C(O)C(O)C(O)C(O)CO. The zero-order valence-corrected chi connectivity index (χ0v) is 16.4. The molecule has 0 aliphatic carbocycles. The monoisotopic (exact) mass is 462 g/mol. The maximum absolute atomic E-state index is 11.5. The molecule has 31 heavy (non-hydrogen) atoms. The minimum Gasteiger partial charge on any atom is -0.461 e. The first-order valence-electron chi connectivity index (χ1n) is 9.06. The van der Waals surface area contributed by atoms with Crippen molar-refractivity contribution >= 4 is 11.9 Å². The van der Waals surface area contributed by atoms with Crippen LogP contribution in [0.15, 0.2) is 0 Å². The van der Waals surface area contributed by atoms with Gasteiger partial charge in [0.2, 0.25) is 0 Å². The molecular formula is C16H30O15. The fraction of sp³-hybridized carbons (Fsp3) is 0.875. The molecule has 8 atom stereocenters. The van der Waals surface area contributed by atoms with Crippen molar-refractivity contribution in [2.75, 3.05) is 39.6 Å². The smallest absolute Gasteiger partial charge is 0.337 e. The van der Waals surface area contributed by atoms with E-state index in [1.807, 2.05) is 0 Å². The van der Waals surface area contributed by atoms with E-state index in [9.17, 15) is 40.2 Å². The molecule has 0 heterocycles. The summed E-state index contributed by atoms with van der Waals surface area (Å²) in [5.74, 6) is -2.68. The third-order valence-corrected chi connectivity index (χ3v) is 3.94. The molecule has 0 amide bonds. The summed E-state index contributed by atoms with van der Waals surface area (Å²) in [4.78, 5) is 23.0. The Balaban J connectivity index is 4.07. The Morgan fingerprint density at radius 1 is 0.548 bits per heavy atom. The molecule has 0 rings (SSSR count). The van der Waals surface area contributed by atoms with Crippen LogP contribution in [0, 0.1) is 0 Å². The Labute approximate surface area is 176 Å². The first-order valence-corrected chi connectivity index (χ1v) is 9.06. The number of rotatable bonds is 16. The number of carbonyl (C=O) groups is 2. The summed E-state index contributed by atoms with van der Waals surface area (Å²) in [5.41, 5.74) is 0. The molecule has 8 unspecified atom stereocenters. The normalized spacial score (nSPS) is 19.4. The Hall–Kier alpha value is -1.50. The van der Waals surface area contributed by atoms with E-state index < -0.39 is 87.2 Å². The van der Waals surface area contributed by atoms with Crippen LogP contribution in [0.25, 0.3) is 0 Å². The minimum absolute atomic E-state index is 0.249. The highest BCUT2D eigenvalue weighted by molar-refractivity contribution is 5.75. The van der Waals surface area contributed by atoms with E-state index in [4.69, 9.17) is 25.2 Å². The lowest BCUT2D eigenvalue weighted by Crippen LogP contribution is -2.49. The Morgan fingerprint density at radius 2 is 0.871 bits per heavy atom. The number of ether oxygens (including phenoxy) is 3. The fourth-order valence-electron chi connectivity index (χ4n) is 2.00. The molecule has 0 aliphatic heterocycles. The Morgan fingerprint density at radius 3 is 1.16 bits per heavy atom. The molecule has 0 aromatic carbocycles. The summed E-state index contributed by atoms with van der Waals surface area (Å²) in [6.07, 6.45) is -16.2. The quantitative estimate of drug-likeness (QED) is 0.0754. The number of aliphatic hydroxyl groups excluding tert-OH is 10. The van der Waals surface area contributed by atoms with Gasteiger partial charge in [0.1, 0.15) is 49.8 Å². The molecule has 0 aromatic rings. The van der Waals surface area contributed by atoms with E-state index in [2.05, 4.69) is 9.47 Å². The predicted molar refractivity (Wildman–Crippen MR) is 95.0 cm³/mol. The van der Waals surface area contributed by atoms with Crippen molar-refractivity contribution in [3.63, 3.8) is 0 Å². The van der Waals surface area contributed by atoms with Gasteiger partial charge in [0, 0.05) is 0 Å². The van der Waals surface area contributed by atoms with Gasteiger partial charge in [-0.25, -0.2) is 9.59 Å². The van der Waals surface area contributed by atoms with Gasteiger partial charge >= 0.3 is 11.9 Å². The van der Waals surface area contributed by atoms with E-state index in [0.29, 0.717) is 0 Å². The van der Waals surface area contributed by atoms with Gasteiger partial charge in [-0.3, -0.25) is 0 Å². The molecule has 0 aromatic heterocycles. The molecule has 0 bridgehead atoms. The topological polar surface area (TPSA) is 264 Å². The van der Waals surface area contributed by atoms with E-state index in [1.165, 1.54) is 0 Å². The second-order valence-corrected chi connectivity index (χ2v) is 6.30. The first kappa shape index (κ1) is 29.5. The van der Waals surface area contributed by atoms with Crippen LogP contribution >= 0.6 is 0 Å². The lowest BCUT2D eigenvalue weighted by atomic mass is 10.0. The fourth-order valence-corrected chi connectivity index (χ4v) is 2.00. The van der Waals surface area contributed by atoms with Crippen molar-refractivity contribution in [2.45, 2.75) is 48.8 Å². The van der Waals surface area contributed by atoms with Crippen LogP contribution in [0.5, 0.6) is 0 Å². The van der Waals surface area contributed by atoms with Crippen molar-refractivity contribution in [3.05, 3.63) is 0 Å². The van der Waals surface area contributed by atoms with E-state index >= 15 is 0 Å². The molecule has 15 nitrogen and oxygen atoms in total. The summed E-state index contributed by atoms with van der Waals surface area (Å²) >= 11 is 0. The second-order valence-electron chi connectivity index (χ2n) is 6.30. The van der Waals surface area contributed by atoms with Crippen LogP contribution in [-0.2, 0) is 23.8 Å². The Kier molecular flexibility index (Phi) is 14.6. The number of hydrogen-bond donors (Lipinski definition) is 10. The summed E-state index contributed by atoms with van der Waals surface area (Å²) in [5, 5.41) is 92.4. The van der Waals surface area contributed by atoms with Crippen LogP contribution in [0.3, 0.4) is 0 Å². The summed E-state index contributed by atoms with van der Waals surface area (Å²) < 4.78 is 14.1. The third kappa shape index (κ3) is 10.1. The first-order chi connectivity index (χ1) is 14.5. The largest absolute Gasteiger partial charge is 0.461 e. The van der Waals surface area contributed by atoms with Gasteiger partial charge in [-0.2, -0.15) is 0 Å². The average molecular weight is 462 g/mol. The second kappa shape index (κ2) is 15.3. The van der Waals surface area contributed by atoms with Gasteiger partial charge in [0.05, 0.1) is 26.4 Å². The highest BCUT2D eigenvalue weighted by Crippen LogP contribution is 2.08. The minimum atomic E-state index is -2.20. The van der Waals surface area contributed by atoms with Crippen LogP contribution in [-0.4, -0.2) is 151 Å². The zero-order valence-electron chi connectivity index (χ0n) is 16.4. The van der Waals surface area contributed by atoms with Gasteiger partial charge in [-0.1, -0.05) is 0 Å². The summed E-state index contributed by atoms with van der Waals surface area (Å²) in [6, 6.07) is 0. The number of hydrogen-bond acceptors (Lipinski definition) is 15. The van der Waals surface area contributed by atoms with Crippen molar-refractivity contribution in [2.24, 2.45) is 0 Å². The third-order valence-electron chi connectivity index (χ3n) is 3.94. The van der Waals surface area contributed by atoms with Crippen LogP contribution in [0.1, 0.15) is 0 Å². The average Bonchev–Trinajstić information content (AvgIpc) is 2.78. The van der Waals surface area contributed by atoms with Crippen molar-refractivity contribution in [1.29, 1.82) is 0 Å². The molecule has 0 saturated carbocycles. The van der Waals surface area contributed by atoms with Crippen LogP contribution < -0.4 is 0 Å². The van der Waals surface area contributed by atoms with Gasteiger partial charge in [0.25, 0.3) is 0 Å². The zero-order chi connectivity index (χ0) is 24.1. The van der Waals surface area contributed by atoms with Crippen molar-refractivity contribution in [1.82, 2.24) is 0 Å². The molecule has 0 aliphatic rings. The number of esters is 2. The highest BCUT2D eigenvalue weighted by Gasteiger charge is 2.36. The maximum atomic E-state index is 11.5. The van der Waals surface area contributed by atoms with E-state index in [1.54, 1.807) is 0 Å². The standard InChI is InChI=1S/C16H30O15/c17-5-7(19)9(21)11(23)13(25)15(27)30-3-1-29-2-4-31-16(28)14(26)12(24)10(22)8(20)6-18/h7-14,17-26H,1-6H2. The maximum Gasteiger partial charge on any atom is 0.337 e. The van der Waals surface area contributed by atoms with Crippen LogP contribution in [0.4, 0.5) is 0 Å². The molecule has 0 fully saturated rings. The van der Waals surface area contributed by atoms with Crippen molar-refractivity contribution < 1.29 is 74.9 Å². The molecule has 15 heteroatoms. The van der Waals surface area contributed by atoms with Crippen LogP contribution in [0.2, 0.25) is 0 Å². The highest BCUT2D eigenvalue weighted by atomic mass is 16.6. The molecule has 0 saturated heterocycles. The van der Waals surface area contributed by atoms with E-state index in [-0.39, 0.29) is 13.2 Å². The Bertz CT molecular complexity index is 473. The van der Waals surface area contributed by atoms with Gasteiger partial charge in [-0.15, -0.1) is 0 Å². The molecule has 0 radical (unpaired) electrons. The number of carbonyl (C=O) groups excluding carboxylic acids is 2. The molecule has 184 valence electrons.